The molecule has 1 aromatic heterocycles. The average Bonchev–Trinajstić information content (AvgIpc) is 2.88. The molecule has 21 heavy (non-hydrogen) atoms. The first kappa shape index (κ1) is 14.1. The number of hydrogen-bond acceptors (Lipinski definition) is 3. The summed E-state index contributed by atoms with van der Waals surface area (Å²) in [5.74, 6) is 0. The number of carbonyl (C=O) groups is 1. The minimum absolute atomic E-state index is 0.273. The Morgan fingerprint density at radius 1 is 1.14 bits per heavy atom. The molecule has 3 rings (SSSR count). The Hall–Kier alpha value is -1.85. The molecule has 3 nitrogen and oxygen atoms in total. The van der Waals surface area contributed by atoms with E-state index in [4.69, 9.17) is 4.74 Å². The predicted molar refractivity (Wildman–Crippen MR) is 89.8 cm³/mol. The van der Waals surface area contributed by atoms with Crippen molar-refractivity contribution in [1.29, 1.82) is 0 Å². The highest BCUT2D eigenvalue weighted by Crippen LogP contribution is 2.28. The zero-order chi connectivity index (χ0) is 14.7. The van der Waals surface area contributed by atoms with Crippen LogP contribution in [0.15, 0.2) is 59.1 Å². The van der Waals surface area contributed by atoms with E-state index in [-0.39, 0.29) is 6.61 Å². The maximum absolute atomic E-state index is 11.7. The van der Waals surface area contributed by atoms with Gasteiger partial charge in [0.15, 0.2) is 0 Å². The topological polar surface area (TPSA) is 38.3 Å². The van der Waals surface area contributed by atoms with Crippen LogP contribution in [0.2, 0.25) is 0 Å². The fourth-order valence-electron chi connectivity index (χ4n) is 1.95. The van der Waals surface area contributed by atoms with E-state index in [2.05, 4.69) is 33.4 Å². The van der Waals surface area contributed by atoms with Gasteiger partial charge < -0.3 is 4.74 Å². The second-order valence-electron chi connectivity index (χ2n) is 4.46. The number of carbonyl (C=O) groups excluding carboxylic acids is 1. The van der Waals surface area contributed by atoms with Gasteiger partial charge in [-0.2, -0.15) is 0 Å². The molecule has 0 saturated heterocycles. The second kappa shape index (κ2) is 6.28. The summed E-state index contributed by atoms with van der Waals surface area (Å²) >= 11 is 5.08. The van der Waals surface area contributed by atoms with Crippen molar-refractivity contribution in [3.63, 3.8) is 0 Å². The van der Waals surface area contributed by atoms with Gasteiger partial charge in [-0.25, -0.2) is 4.79 Å². The number of amides is 1. The van der Waals surface area contributed by atoms with Gasteiger partial charge in [-0.1, -0.05) is 34.1 Å². The zero-order valence-electron chi connectivity index (χ0n) is 11.0. The molecule has 106 valence electrons. The van der Waals surface area contributed by atoms with Crippen LogP contribution in [0.5, 0.6) is 0 Å². The first-order chi connectivity index (χ1) is 10.2. The third-order valence-corrected chi connectivity index (χ3v) is 4.48. The standard InChI is InChI=1S/C16H12BrNO2S/c17-12-6-7-15-11(8-12)9-14(21-15)10-20-16(19)18-13-4-2-1-3-5-13/h1-9H,10H2,(H,18,19). The van der Waals surface area contributed by atoms with E-state index < -0.39 is 6.09 Å². The van der Waals surface area contributed by atoms with Crippen LogP contribution in [-0.2, 0) is 11.3 Å². The Bertz CT molecular complexity index is 770. The molecule has 0 radical (unpaired) electrons. The molecule has 0 spiro atoms. The van der Waals surface area contributed by atoms with Crippen molar-refractivity contribution in [2.75, 3.05) is 5.32 Å². The van der Waals surface area contributed by atoms with Crippen LogP contribution < -0.4 is 5.32 Å². The number of nitrogens with one attached hydrogen (secondary N) is 1. The molecule has 0 bridgehead atoms. The lowest BCUT2D eigenvalue weighted by atomic mass is 10.2. The third-order valence-electron chi connectivity index (χ3n) is 2.90. The van der Waals surface area contributed by atoms with Gasteiger partial charge in [0.1, 0.15) is 6.61 Å². The molecule has 0 fully saturated rings. The molecule has 1 amide bonds. The fraction of sp³-hybridized carbons (Fsp3) is 0.0625. The normalized spacial score (nSPS) is 10.5. The Balaban J connectivity index is 1.62. The molecule has 5 heteroatoms. The van der Waals surface area contributed by atoms with Gasteiger partial charge in [-0.15, -0.1) is 11.3 Å². The zero-order valence-corrected chi connectivity index (χ0v) is 13.4. The van der Waals surface area contributed by atoms with E-state index in [0.29, 0.717) is 0 Å². The number of thiophene rings is 1. The molecule has 0 aliphatic rings. The summed E-state index contributed by atoms with van der Waals surface area (Å²) in [6.45, 7) is 0.273. The Kier molecular flexibility index (Phi) is 4.22. The lowest BCUT2D eigenvalue weighted by Crippen LogP contribution is -2.12. The van der Waals surface area contributed by atoms with Crippen LogP contribution in [0.4, 0.5) is 10.5 Å². The van der Waals surface area contributed by atoms with E-state index in [9.17, 15) is 4.79 Å². The van der Waals surface area contributed by atoms with Crippen molar-refractivity contribution in [2.45, 2.75) is 6.61 Å². The van der Waals surface area contributed by atoms with Gasteiger partial charge in [0.25, 0.3) is 0 Å². The smallest absolute Gasteiger partial charge is 0.411 e. The number of ether oxygens (including phenoxy) is 1. The molecule has 2 aromatic carbocycles. The molecule has 0 unspecified atom stereocenters. The van der Waals surface area contributed by atoms with Crippen molar-refractivity contribution >= 4 is 49.1 Å². The van der Waals surface area contributed by atoms with Crippen LogP contribution in [0.1, 0.15) is 4.88 Å². The Morgan fingerprint density at radius 3 is 2.76 bits per heavy atom. The lowest BCUT2D eigenvalue weighted by Gasteiger charge is -2.05. The lowest BCUT2D eigenvalue weighted by molar-refractivity contribution is 0.156. The highest BCUT2D eigenvalue weighted by atomic mass is 79.9. The van der Waals surface area contributed by atoms with Crippen LogP contribution in [0.3, 0.4) is 0 Å². The van der Waals surface area contributed by atoms with Crippen LogP contribution in [-0.4, -0.2) is 6.09 Å². The predicted octanol–water partition coefficient (Wildman–Crippen LogP) is 5.41. The average molecular weight is 362 g/mol. The maximum atomic E-state index is 11.7. The molecule has 0 saturated carbocycles. The van der Waals surface area contributed by atoms with Gasteiger partial charge in [0.05, 0.1) is 0 Å². The molecule has 0 atom stereocenters. The van der Waals surface area contributed by atoms with Crippen molar-refractivity contribution in [3.05, 3.63) is 63.9 Å². The van der Waals surface area contributed by atoms with E-state index in [0.717, 1.165) is 20.4 Å². The fourth-order valence-corrected chi connectivity index (χ4v) is 3.29. The van der Waals surface area contributed by atoms with Gasteiger partial charge >= 0.3 is 6.09 Å². The first-order valence-corrected chi connectivity index (χ1v) is 7.98. The molecule has 3 aromatic rings. The summed E-state index contributed by atoms with van der Waals surface area (Å²) in [5.41, 5.74) is 0.725. The number of para-hydroxylation sites is 1. The van der Waals surface area contributed by atoms with E-state index in [1.807, 2.05) is 42.5 Å². The molecular formula is C16H12BrNO2S. The van der Waals surface area contributed by atoms with Crippen molar-refractivity contribution in [1.82, 2.24) is 0 Å². The van der Waals surface area contributed by atoms with Crippen LogP contribution >= 0.6 is 27.3 Å². The van der Waals surface area contributed by atoms with Gasteiger partial charge in [0, 0.05) is 19.7 Å². The summed E-state index contributed by atoms with van der Waals surface area (Å²) in [4.78, 5) is 12.7. The maximum Gasteiger partial charge on any atom is 0.411 e. The summed E-state index contributed by atoms with van der Waals surface area (Å²) in [6.07, 6.45) is -0.445. The number of benzene rings is 2. The summed E-state index contributed by atoms with van der Waals surface area (Å²) < 4.78 is 7.46. The second-order valence-corrected chi connectivity index (χ2v) is 6.55. The highest BCUT2D eigenvalue weighted by Gasteiger charge is 2.06. The van der Waals surface area contributed by atoms with E-state index in [1.165, 1.54) is 4.70 Å². The number of hydrogen-bond donors (Lipinski definition) is 1. The largest absolute Gasteiger partial charge is 0.444 e. The molecular weight excluding hydrogens is 350 g/mol. The van der Waals surface area contributed by atoms with E-state index in [1.54, 1.807) is 11.3 Å². The first-order valence-electron chi connectivity index (χ1n) is 6.37. The Labute approximate surface area is 134 Å². The van der Waals surface area contributed by atoms with Crippen LogP contribution in [0, 0.1) is 0 Å². The number of halogens is 1. The monoisotopic (exact) mass is 361 g/mol. The summed E-state index contributed by atoms with van der Waals surface area (Å²) in [6, 6.07) is 17.4. The minimum atomic E-state index is -0.445. The van der Waals surface area contributed by atoms with Gasteiger partial charge in [-0.3, -0.25) is 5.32 Å². The molecule has 0 aliphatic carbocycles. The summed E-state index contributed by atoms with van der Waals surface area (Å²) in [5, 5.41) is 3.84. The molecule has 1 N–H and O–H groups in total. The van der Waals surface area contributed by atoms with Gasteiger partial charge in [0.2, 0.25) is 0 Å². The number of rotatable bonds is 3. The van der Waals surface area contributed by atoms with Crippen LogP contribution in [0.25, 0.3) is 10.1 Å². The summed E-state index contributed by atoms with van der Waals surface area (Å²) in [7, 11) is 0. The number of anilines is 1. The number of fused-ring (bicyclic) bond motifs is 1. The van der Waals surface area contributed by atoms with Crippen molar-refractivity contribution in [2.24, 2.45) is 0 Å². The SMILES string of the molecule is O=C(Nc1ccccc1)OCc1cc2cc(Br)ccc2s1. The Morgan fingerprint density at radius 2 is 1.95 bits per heavy atom. The molecule has 1 heterocycles. The van der Waals surface area contributed by atoms with Gasteiger partial charge in [-0.05, 0) is 41.8 Å². The highest BCUT2D eigenvalue weighted by molar-refractivity contribution is 9.10. The minimum Gasteiger partial charge on any atom is -0.444 e. The third kappa shape index (κ3) is 3.62. The quantitative estimate of drug-likeness (QED) is 0.676. The van der Waals surface area contributed by atoms with Crippen molar-refractivity contribution < 1.29 is 9.53 Å². The van der Waals surface area contributed by atoms with Crippen molar-refractivity contribution in [3.8, 4) is 0 Å². The molecule has 0 aliphatic heterocycles. The van der Waals surface area contributed by atoms with E-state index >= 15 is 0 Å².